The molecule has 7 nitrogen and oxygen atoms in total. The fourth-order valence-corrected chi connectivity index (χ4v) is 5.06. The number of Topliss-reactive ketones (excluding diaryl/α,β-unsaturated/α-hetero) is 1. The molecule has 0 spiro atoms. The lowest BCUT2D eigenvalue weighted by Crippen LogP contribution is -2.50. The number of ether oxygens (including phenoxy) is 1. The molecule has 1 aliphatic carbocycles. The van der Waals surface area contributed by atoms with Crippen LogP contribution in [0.4, 0.5) is 8.78 Å². The first-order valence-electron chi connectivity index (χ1n) is 10.8. The van der Waals surface area contributed by atoms with Crippen molar-refractivity contribution in [1.82, 2.24) is 9.47 Å². The van der Waals surface area contributed by atoms with Crippen molar-refractivity contribution in [3.8, 4) is 5.75 Å². The zero-order valence-corrected chi connectivity index (χ0v) is 17.2. The standard InChI is InChI=1S/C23H22F2N2O5/c24-13-7-5-12(15(25)9-13)6-8-17(28)14-10-26-11-19-27(16-3-1-2-4-18(16)32-19)23(31)20(26)22(30)21(14)29/h5,7,9-10,16,18-19,30H,1-4,6,8,11H2/t16-,18+,19?/m1/s1. The van der Waals surface area contributed by atoms with Gasteiger partial charge in [-0.3, -0.25) is 14.4 Å². The number of rotatable bonds is 4. The summed E-state index contributed by atoms with van der Waals surface area (Å²) in [6.45, 7) is 0.203. The molecular formula is C23H22F2N2O5. The van der Waals surface area contributed by atoms with E-state index in [4.69, 9.17) is 4.74 Å². The van der Waals surface area contributed by atoms with Crippen molar-refractivity contribution in [2.75, 3.05) is 0 Å². The number of carbonyl (C=O) groups excluding carboxylic acids is 2. The third kappa shape index (κ3) is 3.31. The summed E-state index contributed by atoms with van der Waals surface area (Å²) in [5.74, 6) is -3.32. The van der Waals surface area contributed by atoms with Gasteiger partial charge in [0, 0.05) is 18.7 Å². The van der Waals surface area contributed by atoms with Crippen LogP contribution in [0.5, 0.6) is 5.75 Å². The number of halogens is 2. The SMILES string of the molecule is O=C(CCc1ccc(F)cc1F)c1cn2c(c(O)c1=O)C(=O)N1C(C2)O[C@H]2CCCC[C@H]21. The molecule has 1 saturated heterocycles. The summed E-state index contributed by atoms with van der Waals surface area (Å²) < 4.78 is 34.4. The Kier molecular flexibility index (Phi) is 5.08. The van der Waals surface area contributed by atoms with E-state index >= 15 is 0 Å². The molecule has 2 aromatic rings. The van der Waals surface area contributed by atoms with Gasteiger partial charge in [-0.2, -0.15) is 0 Å². The van der Waals surface area contributed by atoms with Gasteiger partial charge in [0.15, 0.2) is 23.5 Å². The van der Waals surface area contributed by atoms with Gasteiger partial charge in [-0.05, 0) is 30.9 Å². The number of nitrogens with zero attached hydrogens (tertiary/aromatic N) is 2. The van der Waals surface area contributed by atoms with Gasteiger partial charge in [-0.1, -0.05) is 18.9 Å². The number of hydrogen-bond donors (Lipinski definition) is 1. The molecule has 1 amide bonds. The Balaban J connectivity index is 1.42. The second-order valence-corrected chi connectivity index (χ2v) is 8.57. The maximum atomic E-state index is 13.9. The molecule has 1 aromatic carbocycles. The van der Waals surface area contributed by atoms with E-state index in [-0.39, 0.29) is 48.4 Å². The number of fused-ring (bicyclic) bond motifs is 4. The number of aryl methyl sites for hydroxylation is 1. The van der Waals surface area contributed by atoms with E-state index in [1.165, 1.54) is 16.8 Å². The van der Waals surface area contributed by atoms with Crippen LogP contribution in [0.1, 0.15) is 58.5 Å². The summed E-state index contributed by atoms with van der Waals surface area (Å²) in [6, 6.07) is 3.00. The number of aromatic hydroxyl groups is 1. The van der Waals surface area contributed by atoms with E-state index in [0.29, 0.717) is 0 Å². The second-order valence-electron chi connectivity index (χ2n) is 8.57. The number of benzene rings is 1. The lowest BCUT2D eigenvalue weighted by molar-refractivity contribution is -0.0167. The van der Waals surface area contributed by atoms with Crippen LogP contribution in [0.3, 0.4) is 0 Å². The normalized spacial score (nSPS) is 24.1. The van der Waals surface area contributed by atoms with Gasteiger partial charge in [-0.25, -0.2) is 8.78 Å². The summed E-state index contributed by atoms with van der Waals surface area (Å²) in [5, 5.41) is 10.5. The largest absolute Gasteiger partial charge is 0.503 e. The number of ketones is 1. The summed E-state index contributed by atoms with van der Waals surface area (Å²) in [4.78, 5) is 40.2. The molecule has 5 rings (SSSR count). The minimum atomic E-state index is -0.923. The zero-order chi connectivity index (χ0) is 22.6. The van der Waals surface area contributed by atoms with Crippen LogP contribution in [0, 0.1) is 11.6 Å². The van der Waals surface area contributed by atoms with Crippen LogP contribution in [-0.2, 0) is 17.7 Å². The Morgan fingerprint density at radius 1 is 1.19 bits per heavy atom. The maximum Gasteiger partial charge on any atom is 0.276 e. The number of pyridine rings is 1. The van der Waals surface area contributed by atoms with Gasteiger partial charge >= 0.3 is 0 Å². The molecule has 3 aliphatic rings. The van der Waals surface area contributed by atoms with Gasteiger partial charge in [0.25, 0.3) is 5.91 Å². The highest BCUT2D eigenvalue weighted by atomic mass is 19.1. The number of hydrogen-bond acceptors (Lipinski definition) is 5. The van der Waals surface area contributed by atoms with Crippen LogP contribution in [0.25, 0.3) is 0 Å². The Labute approximate surface area is 182 Å². The molecule has 168 valence electrons. The van der Waals surface area contributed by atoms with Crippen LogP contribution in [0.15, 0.2) is 29.2 Å². The molecular weight excluding hydrogens is 422 g/mol. The lowest BCUT2D eigenvalue weighted by atomic mass is 9.92. The molecule has 9 heteroatoms. The molecule has 0 radical (unpaired) electrons. The fourth-order valence-electron chi connectivity index (χ4n) is 5.06. The highest BCUT2D eigenvalue weighted by Gasteiger charge is 2.49. The van der Waals surface area contributed by atoms with Gasteiger partial charge in [0.1, 0.15) is 11.6 Å². The molecule has 1 unspecified atom stereocenters. The average molecular weight is 444 g/mol. The monoisotopic (exact) mass is 444 g/mol. The highest BCUT2D eigenvalue weighted by molar-refractivity contribution is 6.00. The molecule has 1 saturated carbocycles. The fraction of sp³-hybridized carbons (Fsp3) is 0.435. The zero-order valence-electron chi connectivity index (χ0n) is 17.2. The van der Waals surface area contributed by atoms with Crippen molar-refractivity contribution in [3.63, 3.8) is 0 Å². The predicted molar refractivity (Wildman–Crippen MR) is 108 cm³/mol. The Hall–Kier alpha value is -3.07. The van der Waals surface area contributed by atoms with Crippen molar-refractivity contribution >= 4 is 11.7 Å². The third-order valence-corrected chi connectivity index (χ3v) is 6.65. The minimum absolute atomic E-state index is 0.0330. The quantitative estimate of drug-likeness (QED) is 0.733. The first-order valence-corrected chi connectivity index (χ1v) is 10.8. The van der Waals surface area contributed by atoms with E-state index in [1.807, 2.05) is 0 Å². The number of carbonyl (C=O) groups is 2. The van der Waals surface area contributed by atoms with E-state index in [1.54, 1.807) is 4.90 Å². The van der Waals surface area contributed by atoms with Crippen LogP contribution >= 0.6 is 0 Å². The maximum absolute atomic E-state index is 13.9. The Morgan fingerprint density at radius 2 is 1.97 bits per heavy atom. The van der Waals surface area contributed by atoms with Gasteiger partial charge in [-0.15, -0.1) is 0 Å². The van der Waals surface area contributed by atoms with Crippen molar-refractivity contribution < 1.29 is 28.2 Å². The van der Waals surface area contributed by atoms with Crippen LogP contribution < -0.4 is 5.43 Å². The number of amides is 1. The van der Waals surface area contributed by atoms with E-state index in [9.17, 15) is 28.3 Å². The number of aromatic nitrogens is 1. The Morgan fingerprint density at radius 3 is 2.75 bits per heavy atom. The first kappa shape index (κ1) is 20.8. The first-order chi connectivity index (χ1) is 15.3. The van der Waals surface area contributed by atoms with Crippen molar-refractivity contribution in [1.29, 1.82) is 0 Å². The predicted octanol–water partition coefficient (Wildman–Crippen LogP) is 2.77. The van der Waals surface area contributed by atoms with E-state index in [0.717, 1.165) is 37.8 Å². The molecule has 3 heterocycles. The van der Waals surface area contributed by atoms with Crippen LogP contribution in [-0.4, -0.2) is 44.6 Å². The average Bonchev–Trinajstić information content (AvgIpc) is 3.14. The minimum Gasteiger partial charge on any atom is -0.503 e. The molecule has 2 aliphatic heterocycles. The molecule has 1 aromatic heterocycles. The summed E-state index contributed by atoms with van der Waals surface area (Å²) >= 11 is 0. The van der Waals surface area contributed by atoms with Gasteiger partial charge < -0.3 is 19.3 Å². The van der Waals surface area contributed by atoms with Crippen molar-refractivity contribution in [2.24, 2.45) is 0 Å². The summed E-state index contributed by atoms with van der Waals surface area (Å²) in [7, 11) is 0. The van der Waals surface area contributed by atoms with Gasteiger partial charge in [0.2, 0.25) is 5.43 Å². The molecule has 3 atom stereocenters. The van der Waals surface area contributed by atoms with E-state index in [2.05, 4.69) is 0 Å². The smallest absolute Gasteiger partial charge is 0.276 e. The highest BCUT2D eigenvalue weighted by Crippen LogP contribution is 2.38. The van der Waals surface area contributed by atoms with Crippen molar-refractivity contribution in [3.05, 3.63) is 63.1 Å². The molecule has 2 fully saturated rings. The van der Waals surface area contributed by atoms with Crippen molar-refractivity contribution in [2.45, 2.75) is 63.4 Å². The Bertz CT molecular complexity index is 1180. The topological polar surface area (TPSA) is 88.8 Å². The molecule has 1 N–H and O–H groups in total. The second kappa shape index (κ2) is 7.81. The lowest BCUT2D eigenvalue weighted by Gasteiger charge is -2.35. The van der Waals surface area contributed by atoms with E-state index < -0.39 is 40.7 Å². The summed E-state index contributed by atoms with van der Waals surface area (Å²) in [6.07, 6.45) is 4.15. The third-order valence-electron chi connectivity index (χ3n) is 6.65. The molecule has 0 bridgehead atoms. The van der Waals surface area contributed by atoms with Crippen LogP contribution in [0.2, 0.25) is 0 Å². The van der Waals surface area contributed by atoms with Gasteiger partial charge in [0.05, 0.1) is 24.3 Å². The molecule has 32 heavy (non-hydrogen) atoms. The summed E-state index contributed by atoms with van der Waals surface area (Å²) in [5.41, 5.74) is -1.18.